The van der Waals surface area contributed by atoms with Crippen LogP contribution in [0.25, 0.3) is 0 Å². The van der Waals surface area contributed by atoms with Crippen molar-refractivity contribution in [3.05, 3.63) is 63.6 Å². The van der Waals surface area contributed by atoms with Crippen molar-refractivity contribution in [2.24, 2.45) is 0 Å². The molecule has 0 radical (unpaired) electrons. The number of piperidine rings is 1. The van der Waals surface area contributed by atoms with Crippen LogP contribution >= 0.6 is 23.2 Å². The molecular weight excluding hydrogens is 683 g/mol. The number of carboxylic acid groups (broad SMARTS) is 3. The summed E-state index contributed by atoms with van der Waals surface area (Å²) in [6, 6.07) is 12.4. The van der Waals surface area contributed by atoms with Crippen molar-refractivity contribution in [2.45, 2.75) is 56.1 Å². The zero-order chi connectivity index (χ0) is 36.3. The molecule has 6 N–H and O–H groups in total. The van der Waals surface area contributed by atoms with Crippen molar-refractivity contribution in [1.82, 2.24) is 20.0 Å². The van der Waals surface area contributed by atoms with Crippen LogP contribution in [0.4, 0.5) is 4.79 Å². The van der Waals surface area contributed by atoms with Crippen LogP contribution in [0.5, 0.6) is 5.75 Å². The van der Waals surface area contributed by atoms with Crippen LogP contribution in [-0.4, -0.2) is 128 Å². The van der Waals surface area contributed by atoms with Gasteiger partial charge in [0.25, 0.3) is 5.91 Å². The molecule has 0 bridgehead atoms. The van der Waals surface area contributed by atoms with E-state index in [0.717, 1.165) is 64.0 Å². The highest BCUT2D eigenvalue weighted by Crippen LogP contribution is 2.30. The zero-order valence-corrected chi connectivity index (χ0v) is 28.6. The number of halogens is 2. The highest BCUT2D eigenvalue weighted by molar-refractivity contribution is 6.42. The second kappa shape index (κ2) is 18.0. The second-order valence-electron chi connectivity index (χ2n) is 12.2. The maximum atomic E-state index is 13.0. The summed E-state index contributed by atoms with van der Waals surface area (Å²) in [6.45, 7) is 4.94. The number of phenolic OH excluding ortho intramolecular Hbond substituents is 1. The number of phenols is 1. The van der Waals surface area contributed by atoms with Crippen LogP contribution in [0.2, 0.25) is 10.0 Å². The molecule has 49 heavy (non-hydrogen) atoms. The van der Waals surface area contributed by atoms with E-state index in [9.17, 15) is 29.1 Å². The molecule has 2 aliphatic rings. The zero-order valence-electron chi connectivity index (χ0n) is 27.1. The van der Waals surface area contributed by atoms with E-state index in [1.54, 1.807) is 24.1 Å². The van der Waals surface area contributed by atoms with Gasteiger partial charge in [-0.05, 0) is 74.2 Å². The molecule has 4 rings (SSSR count). The van der Waals surface area contributed by atoms with Gasteiger partial charge in [-0.1, -0.05) is 29.3 Å². The number of nitrogens with zero attached hydrogens (tertiary/aromatic N) is 3. The maximum absolute atomic E-state index is 13.0. The fourth-order valence-electron chi connectivity index (χ4n) is 5.87. The van der Waals surface area contributed by atoms with Gasteiger partial charge in [-0.3, -0.25) is 14.4 Å². The molecular formula is C33H42Cl2N4O10. The number of nitrogens with one attached hydrogen (secondary N) is 1. The molecule has 0 spiro atoms. The summed E-state index contributed by atoms with van der Waals surface area (Å²) < 4.78 is 0. The van der Waals surface area contributed by atoms with Gasteiger partial charge >= 0.3 is 23.9 Å². The van der Waals surface area contributed by atoms with Gasteiger partial charge in [0.15, 0.2) is 5.60 Å². The SMILES string of the molecule is CN(C[C@@H](CCN1CCC(N2CCCNC2=O)CC1)c1ccc(Cl)c(Cl)c1)C(=O)c1ccc(O)cc1.O=C(O)CC(O)(CC(=O)O)C(=O)O. The molecule has 2 fully saturated rings. The number of urea groups is 1. The highest BCUT2D eigenvalue weighted by Gasteiger charge is 2.40. The van der Waals surface area contributed by atoms with E-state index in [1.165, 1.54) is 12.1 Å². The molecule has 2 aliphatic heterocycles. The number of carboxylic acids is 3. The first-order chi connectivity index (χ1) is 23.1. The maximum Gasteiger partial charge on any atom is 0.336 e. The number of aliphatic hydroxyl groups is 1. The predicted octanol–water partition coefficient (Wildman–Crippen LogP) is 3.58. The van der Waals surface area contributed by atoms with E-state index in [2.05, 4.69) is 10.2 Å². The van der Waals surface area contributed by atoms with Crippen molar-refractivity contribution in [1.29, 1.82) is 0 Å². The van der Waals surface area contributed by atoms with E-state index in [-0.39, 0.29) is 23.6 Å². The van der Waals surface area contributed by atoms with Gasteiger partial charge in [-0.2, -0.15) is 0 Å². The van der Waals surface area contributed by atoms with Crippen molar-refractivity contribution in [2.75, 3.05) is 46.3 Å². The number of likely N-dealkylation sites (N-methyl/N-ethyl adjacent to an activating group) is 1. The normalized spacial score (nSPS) is 16.2. The van der Waals surface area contributed by atoms with Gasteiger partial charge in [-0.25, -0.2) is 9.59 Å². The molecule has 0 aromatic heterocycles. The number of hydrogen-bond donors (Lipinski definition) is 6. The lowest BCUT2D eigenvalue weighted by molar-refractivity contribution is -0.170. The third-order valence-electron chi connectivity index (χ3n) is 8.56. The van der Waals surface area contributed by atoms with E-state index in [1.807, 2.05) is 23.1 Å². The Kier molecular flexibility index (Phi) is 14.5. The van der Waals surface area contributed by atoms with Crippen LogP contribution in [0, 0.1) is 0 Å². The molecule has 2 saturated heterocycles. The van der Waals surface area contributed by atoms with Crippen LogP contribution in [0.3, 0.4) is 0 Å². The highest BCUT2D eigenvalue weighted by atomic mass is 35.5. The molecule has 268 valence electrons. The van der Waals surface area contributed by atoms with Gasteiger partial charge in [0.05, 0.1) is 22.9 Å². The molecule has 0 aliphatic carbocycles. The second-order valence-corrected chi connectivity index (χ2v) is 13.0. The Bertz CT molecular complexity index is 1470. The first-order valence-corrected chi connectivity index (χ1v) is 16.5. The summed E-state index contributed by atoms with van der Waals surface area (Å²) in [5, 5.41) is 47.3. The van der Waals surface area contributed by atoms with Crippen LogP contribution in [0.1, 0.15) is 60.4 Å². The topological polar surface area (TPSA) is 208 Å². The van der Waals surface area contributed by atoms with E-state index >= 15 is 0 Å². The Balaban J connectivity index is 0.000000425. The number of carbonyl (C=O) groups is 5. The summed E-state index contributed by atoms with van der Waals surface area (Å²) in [4.78, 5) is 61.9. The number of aliphatic carboxylic acids is 3. The number of hydrogen-bond acceptors (Lipinski definition) is 8. The number of aromatic hydroxyl groups is 1. The Hall–Kier alpha value is -4.11. The van der Waals surface area contributed by atoms with Crippen LogP contribution in [-0.2, 0) is 14.4 Å². The van der Waals surface area contributed by atoms with Gasteiger partial charge in [0.2, 0.25) is 0 Å². The van der Waals surface area contributed by atoms with Gasteiger partial charge in [0.1, 0.15) is 5.75 Å². The minimum absolute atomic E-state index is 0.0701. The smallest absolute Gasteiger partial charge is 0.336 e. The molecule has 0 unspecified atom stereocenters. The summed E-state index contributed by atoms with van der Waals surface area (Å²) in [7, 11) is 1.80. The molecule has 2 heterocycles. The molecule has 2 aromatic carbocycles. The number of amides is 3. The Morgan fingerprint density at radius 1 is 0.959 bits per heavy atom. The summed E-state index contributed by atoms with van der Waals surface area (Å²) >= 11 is 12.5. The number of likely N-dealkylation sites (tertiary alicyclic amines) is 1. The average molecular weight is 726 g/mol. The van der Waals surface area contributed by atoms with Gasteiger partial charge < -0.3 is 45.5 Å². The largest absolute Gasteiger partial charge is 0.508 e. The molecule has 1 atom stereocenters. The average Bonchev–Trinajstić information content (AvgIpc) is 3.04. The fraction of sp³-hybridized carbons (Fsp3) is 0.485. The summed E-state index contributed by atoms with van der Waals surface area (Å²) in [5.74, 6) is -4.90. The Labute approximate surface area is 293 Å². The van der Waals surface area contributed by atoms with Crippen molar-refractivity contribution < 1.29 is 49.5 Å². The first-order valence-electron chi connectivity index (χ1n) is 15.7. The third kappa shape index (κ3) is 11.8. The lowest BCUT2D eigenvalue weighted by Gasteiger charge is -2.40. The lowest BCUT2D eigenvalue weighted by Crippen LogP contribution is -2.54. The predicted molar refractivity (Wildman–Crippen MR) is 180 cm³/mol. The summed E-state index contributed by atoms with van der Waals surface area (Å²) in [6.07, 6.45) is 1.53. The minimum atomic E-state index is -2.74. The first kappa shape index (κ1) is 39.3. The van der Waals surface area contributed by atoms with E-state index in [0.29, 0.717) is 28.2 Å². The van der Waals surface area contributed by atoms with Crippen LogP contribution in [0.15, 0.2) is 42.5 Å². The van der Waals surface area contributed by atoms with Crippen molar-refractivity contribution in [3.8, 4) is 5.75 Å². The Morgan fingerprint density at radius 2 is 1.57 bits per heavy atom. The molecule has 3 amide bonds. The number of carbonyl (C=O) groups excluding carboxylic acids is 2. The quantitative estimate of drug-likeness (QED) is 0.176. The number of rotatable bonds is 13. The standard InChI is InChI=1S/C27H34Cl2N4O3.C6H8O7/c1-31(26(35)19-3-6-23(34)7-4-19)18-21(20-5-8-24(28)25(29)17-20)9-14-32-15-10-22(11-16-32)33-13-2-12-30-27(33)36;7-3(8)1-6(13,5(11)12)2-4(9)10/h3-8,17,21-22,34H,2,9-16,18H2,1H3,(H,30,36);13H,1-2H2,(H,7,8)(H,9,10)(H,11,12)/t21-;/m1./s1. The minimum Gasteiger partial charge on any atom is -0.508 e. The van der Waals surface area contributed by atoms with Crippen molar-refractivity contribution in [3.63, 3.8) is 0 Å². The van der Waals surface area contributed by atoms with Crippen molar-refractivity contribution >= 4 is 53.0 Å². The Morgan fingerprint density at radius 3 is 2.10 bits per heavy atom. The molecule has 14 nitrogen and oxygen atoms in total. The van der Waals surface area contributed by atoms with Gasteiger partial charge in [0, 0.05) is 57.3 Å². The third-order valence-corrected chi connectivity index (χ3v) is 9.30. The summed E-state index contributed by atoms with van der Waals surface area (Å²) in [5.41, 5.74) is -1.15. The van der Waals surface area contributed by atoms with Crippen LogP contribution < -0.4 is 5.32 Å². The van der Waals surface area contributed by atoms with Gasteiger partial charge in [-0.15, -0.1) is 0 Å². The fourth-order valence-corrected chi connectivity index (χ4v) is 6.18. The molecule has 2 aromatic rings. The number of benzene rings is 2. The lowest BCUT2D eigenvalue weighted by atomic mass is 9.93. The molecule has 16 heteroatoms. The monoisotopic (exact) mass is 724 g/mol. The van der Waals surface area contributed by atoms with E-state index < -0.39 is 36.4 Å². The molecule has 0 saturated carbocycles. The van der Waals surface area contributed by atoms with E-state index in [4.69, 9.17) is 43.6 Å².